The summed E-state index contributed by atoms with van der Waals surface area (Å²) in [4.78, 5) is 15.8. The Morgan fingerprint density at radius 2 is 2.50 bits per heavy atom. The van der Waals surface area contributed by atoms with E-state index in [2.05, 4.69) is 4.98 Å². The van der Waals surface area contributed by atoms with Crippen molar-refractivity contribution in [3.63, 3.8) is 0 Å². The van der Waals surface area contributed by atoms with E-state index in [-0.39, 0.29) is 6.09 Å². The van der Waals surface area contributed by atoms with Gasteiger partial charge in [-0.05, 0) is 12.1 Å². The van der Waals surface area contributed by atoms with Gasteiger partial charge in [-0.25, -0.2) is 4.98 Å². The lowest BCUT2D eigenvalue weighted by Gasteiger charge is -2.17. The SMILES string of the molecule is C[NH+]1C(=O)OCc2cccnc21. The highest BCUT2D eigenvalue weighted by Gasteiger charge is 2.28. The number of nitrogens with zero attached hydrogens (tertiary/aromatic N) is 1. The summed E-state index contributed by atoms with van der Waals surface area (Å²) < 4.78 is 4.90. The van der Waals surface area contributed by atoms with Gasteiger partial charge in [0.25, 0.3) is 0 Å². The molecule has 4 nitrogen and oxygen atoms in total. The minimum atomic E-state index is -0.263. The summed E-state index contributed by atoms with van der Waals surface area (Å²) in [6.07, 6.45) is 1.42. The van der Waals surface area contributed by atoms with Crippen LogP contribution in [0.25, 0.3) is 0 Å². The molecule has 0 spiro atoms. The molecule has 0 bridgehead atoms. The molecule has 1 amide bonds. The molecule has 2 heterocycles. The summed E-state index contributed by atoms with van der Waals surface area (Å²) in [5, 5.41) is 0. The fraction of sp³-hybridized carbons (Fsp3) is 0.250. The van der Waals surface area contributed by atoms with E-state index < -0.39 is 0 Å². The van der Waals surface area contributed by atoms with Gasteiger partial charge in [-0.3, -0.25) is 0 Å². The van der Waals surface area contributed by atoms with E-state index in [0.29, 0.717) is 11.5 Å². The molecule has 0 saturated heterocycles. The maximum Gasteiger partial charge on any atom is 0.520 e. The van der Waals surface area contributed by atoms with Crippen LogP contribution in [0.5, 0.6) is 0 Å². The van der Waals surface area contributed by atoms with Gasteiger partial charge in [0.15, 0.2) is 0 Å². The molecule has 0 saturated carbocycles. The van der Waals surface area contributed by atoms with Crippen molar-refractivity contribution in [2.24, 2.45) is 0 Å². The van der Waals surface area contributed by atoms with Crippen molar-refractivity contribution in [3.8, 4) is 0 Å². The number of fused-ring (bicyclic) bond motifs is 1. The van der Waals surface area contributed by atoms with Gasteiger partial charge in [0.2, 0.25) is 5.82 Å². The van der Waals surface area contributed by atoms with Gasteiger partial charge < -0.3 is 4.74 Å². The standard InChI is InChI=1S/C8H8N2O2/c1-10-7-6(3-2-4-9-7)5-12-8(10)11/h2-4H,5H2,1H3/p+1. The van der Waals surface area contributed by atoms with E-state index in [0.717, 1.165) is 11.4 Å². The minimum absolute atomic E-state index is 0.263. The van der Waals surface area contributed by atoms with Crippen molar-refractivity contribution < 1.29 is 14.4 Å². The molecular formula is C8H9N2O2+. The molecule has 0 aromatic carbocycles. The van der Waals surface area contributed by atoms with Crippen LogP contribution in [0.15, 0.2) is 18.3 Å². The Morgan fingerprint density at radius 1 is 1.67 bits per heavy atom. The number of ether oxygens (including phenoxy) is 1. The lowest BCUT2D eigenvalue weighted by atomic mass is 10.2. The lowest BCUT2D eigenvalue weighted by molar-refractivity contribution is -0.735. The van der Waals surface area contributed by atoms with Gasteiger partial charge in [-0.15, -0.1) is 0 Å². The second kappa shape index (κ2) is 2.57. The molecule has 0 aliphatic carbocycles. The molecule has 4 heteroatoms. The molecule has 2 rings (SSSR count). The van der Waals surface area contributed by atoms with Crippen LogP contribution in [0.3, 0.4) is 0 Å². The number of rotatable bonds is 0. The highest BCUT2D eigenvalue weighted by Crippen LogP contribution is 2.11. The van der Waals surface area contributed by atoms with Crippen LogP contribution >= 0.6 is 0 Å². The Morgan fingerprint density at radius 3 is 3.33 bits per heavy atom. The molecule has 1 aromatic heterocycles. The number of hydrogen-bond acceptors (Lipinski definition) is 3. The summed E-state index contributed by atoms with van der Waals surface area (Å²) in [5.41, 5.74) is 0.981. The van der Waals surface area contributed by atoms with E-state index in [9.17, 15) is 4.79 Å². The Labute approximate surface area is 69.8 Å². The summed E-state index contributed by atoms with van der Waals surface area (Å²) in [5.74, 6) is 0.772. The average Bonchev–Trinajstić information content (AvgIpc) is 2.12. The summed E-state index contributed by atoms with van der Waals surface area (Å²) in [6.45, 7) is 0.347. The number of carbonyl (C=O) groups is 1. The topological polar surface area (TPSA) is 43.6 Å². The van der Waals surface area contributed by atoms with Crippen LogP contribution in [0.4, 0.5) is 10.6 Å². The first-order chi connectivity index (χ1) is 5.79. The van der Waals surface area contributed by atoms with Crippen LogP contribution in [0.1, 0.15) is 5.56 Å². The molecule has 1 N–H and O–H groups in total. The molecule has 1 unspecified atom stereocenters. The number of quaternary nitrogens is 1. The Balaban J connectivity index is 2.48. The van der Waals surface area contributed by atoms with E-state index in [1.54, 1.807) is 13.2 Å². The van der Waals surface area contributed by atoms with Crippen molar-refractivity contribution in [3.05, 3.63) is 23.9 Å². The molecule has 62 valence electrons. The third-order valence-electron chi connectivity index (χ3n) is 1.91. The van der Waals surface area contributed by atoms with Gasteiger partial charge in [0.05, 0.1) is 12.6 Å². The molecule has 0 fully saturated rings. The van der Waals surface area contributed by atoms with E-state index >= 15 is 0 Å². The fourth-order valence-corrected chi connectivity index (χ4v) is 1.24. The van der Waals surface area contributed by atoms with Crippen LogP contribution in [0, 0.1) is 0 Å². The monoisotopic (exact) mass is 165 g/mol. The van der Waals surface area contributed by atoms with Crippen LogP contribution < -0.4 is 4.90 Å². The molecular weight excluding hydrogens is 156 g/mol. The predicted molar refractivity (Wildman–Crippen MR) is 41.0 cm³/mol. The van der Waals surface area contributed by atoms with Crippen LogP contribution in [-0.4, -0.2) is 18.1 Å². The largest absolute Gasteiger partial charge is 0.520 e. The maximum absolute atomic E-state index is 11.1. The third-order valence-corrected chi connectivity index (χ3v) is 1.91. The Bertz CT molecular complexity index is 325. The predicted octanol–water partition coefficient (Wildman–Crippen LogP) is -0.122. The number of hydrogen-bond donors (Lipinski definition) is 1. The Kier molecular flexibility index (Phi) is 1.55. The second-order valence-electron chi connectivity index (χ2n) is 2.71. The van der Waals surface area contributed by atoms with Gasteiger partial charge in [-0.2, -0.15) is 9.69 Å². The van der Waals surface area contributed by atoms with Gasteiger partial charge in [-0.1, -0.05) is 0 Å². The van der Waals surface area contributed by atoms with E-state index in [4.69, 9.17) is 4.74 Å². The first-order valence-corrected chi connectivity index (χ1v) is 3.74. The first kappa shape index (κ1) is 7.24. The molecule has 0 radical (unpaired) electrons. The second-order valence-corrected chi connectivity index (χ2v) is 2.71. The number of amides is 1. The van der Waals surface area contributed by atoms with Crippen LogP contribution in [0.2, 0.25) is 0 Å². The quantitative estimate of drug-likeness (QED) is 0.582. The van der Waals surface area contributed by atoms with Crippen molar-refractivity contribution in [1.82, 2.24) is 4.98 Å². The number of carbonyl (C=O) groups excluding carboxylic acids is 1. The normalized spacial score (nSPS) is 21.4. The zero-order valence-corrected chi connectivity index (χ0v) is 6.70. The minimum Gasteiger partial charge on any atom is -0.415 e. The van der Waals surface area contributed by atoms with Crippen molar-refractivity contribution in [1.29, 1.82) is 0 Å². The number of cyclic esters (lactones) is 1. The number of alkyl carbamates (subject to hydrolysis) is 1. The summed E-state index contributed by atoms with van der Waals surface area (Å²) in [7, 11) is 1.73. The molecule has 1 atom stereocenters. The highest BCUT2D eigenvalue weighted by atomic mass is 16.6. The van der Waals surface area contributed by atoms with Crippen molar-refractivity contribution >= 4 is 11.9 Å². The van der Waals surface area contributed by atoms with Crippen LogP contribution in [-0.2, 0) is 11.3 Å². The first-order valence-electron chi connectivity index (χ1n) is 3.74. The molecule has 1 aromatic rings. The number of aromatic nitrogens is 1. The van der Waals surface area contributed by atoms with E-state index in [1.807, 2.05) is 12.1 Å². The fourth-order valence-electron chi connectivity index (χ4n) is 1.24. The smallest absolute Gasteiger partial charge is 0.415 e. The average molecular weight is 165 g/mol. The van der Waals surface area contributed by atoms with E-state index in [1.165, 1.54) is 0 Å². The lowest BCUT2D eigenvalue weighted by Crippen LogP contribution is -3.08. The highest BCUT2D eigenvalue weighted by molar-refractivity contribution is 5.62. The summed E-state index contributed by atoms with van der Waals surface area (Å²) >= 11 is 0. The third kappa shape index (κ3) is 0.967. The zero-order valence-electron chi connectivity index (χ0n) is 6.70. The van der Waals surface area contributed by atoms with Crippen molar-refractivity contribution in [2.45, 2.75) is 6.61 Å². The number of pyridine rings is 1. The number of nitrogens with one attached hydrogen (secondary N) is 1. The molecule has 12 heavy (non-hydrogen) atoms. The molecule has 1 aliphatic rings. The zero-order chi connectivity index (χ0) is 8.55. The molecule has 1 aliphatic heterocycles. The maximum atomic E-state index is 11.1. The van der Waals surface area contributed by atoms with Gasteiger partial charge in [0.1, 0.15) is 6.61 Å². The van der Waals surface area contributed by atoms with Gasteiger partial charge in [0, 0.05) is 6.20 Å². The Hall–Kier alpha value is -1.42. The van der Waals surface area contributed by atoms with Gasteiger partial charge >= 0.3 is 6.09 Å². The van der Waals surface area contributed by atoms with Crippen molar-refractivity contribution in [2.75, 3.05) is 7.05 Å². The summed E-state index contributed by atoms with van der Waals surface area (Å²) in [6, 6.07) is 3.75.